The molecule has 0 aromatic heterocycles. The van der Waals surface area contributed by atoms with Crippen LogP contribution in [0.15, 0.2) is 24.3 Å². The molecule has 0 aliphatic heterocycles. The lowest BCUT2D eigenvalue weighted by molar-refractivity contribution is -0.120. The lowest BCUT2D eigenvalue weighted by Crippen LogP contribution is -2.23. The number of Topliss-reactive ketones (excluding diaryl/α,β-unsaturated/α-hetero) is 1. The first-order valence-corrected chi connectivity index (χ1v) is 8.96. The van der Waals surface area contributed by atoms with Crippen molar-refractivity contribution < 1.29 is 9.59 Å². The van der Waals surface area contributed by atoms with Gasteiger partial charge in [0.05, 0.1) is 6.54 Å². The van der Waals surface area contributed by atoms with Gasteiger partial charge >= 0.3 is 0 Å². The quantitative estimate of drug-likeness (QED) is 0.614. The number of thioether (sulfide) groups is 1. The predicted octanol–water partition coefficient (Wildman–Crippen LogP) is 3.52. The number of rotatable bonds is 7. The molecular weight excluding hydrogens is 306 g/mol. The zero-order valence-electron chi connectivity index (χ0n) is 14.3. The van der Waals surface area contributed by atoms with Gasteiger partial charge in [-0.3, -0.25) is 9.59 Å². The molecule has 0 radical (unpaired) electrons. The Bertz CT molecular complexity index is 580. The second-order valence-corrected chi connectivity index (χ2v) is 7.53. The van der Waals surface area contributed by atoms with Crippen LogP contribution in [0.3, 0.4) is 0 Å². The van der Waals surface area contributed by atoms with E-state index in [0.717, 1.165) is 11.3 Å². The third-order valence-corrected chi connectivity index (χ3v) is 4.19. The minimum absolute atomic E-state index is 0.00370. The second kappa shape index (κ2) is 10.1. The molecule has 0 bridgehead atoms. The fourth-order valence-electron chi connectivity index (χ4n) is 1.82. The molecule has 1 rings (SSSR count). The maximum atomic E-state index is 11.8. The Morgan fingerprint density at radius 3 is 2.35 bits per heavy atom. The molecule has 0 heterocycles. The van der Waals surface area contributed by atoms with Crippen LogP contribution in [0.4, 0.5) is 0 Å². The maximum absolute atomic E-state index is 11.8. The summed E-state index contributed by atoms with van der Waals surface area (Å²) in [6.07, 6.45) is 0.524. The van der Waals surface area contributed by atoms with Crippen LogP contribution in [0, 0.1) is 17.8 Å². The summed E-state index contributed by atoms with van der Waals surface area (Å²) in [5.41, 5.74) is 1.55. The number of nitrogens with one attached hydrogen (secondary N) is 1. The fourth-order valence-corrected chi connectivity index (χ4v) is 2.59. The SMILES string of the molecule is CC(C)SCCC(=O)NCC#Cc1ccc(C(=O)C(C)C)cc1. The molecule has 4 heteroatoms. The molecule has 0 atom stereocenters. The molecule has 0 fully saturated rings. The Morgan fingerprint density at radius 1 is 1.13 bits per heavy atom. The summed E-state index contributed by atoms with van der Waals surface area (Å²) < 4.78 is 0. The van der Waals surface area contributed by atoms with Gasteiger partial charge in [0.1, 0.15) is 0 Å². The third kappa shape index (κ3) is 7.90. The van der Waals surface area contributed by atoms with Crippen molar-refractivity contribution >= 4 is 23.5 Å². The van der Waals surface area contributed by atoms with E-state index in [1.165, 1.54) is 0 Å². The summed E-state index contributed by atoms with van der Waals surface area (Å²) in [6.45, 7) is 8.36. The summed E-state index contributed by atoms with van der Waals surface area (Å²) in [7, 11) is 0. The van der Waals surface area contributed by atoms with E-state index >= 15 is 0 Å². The number of hydrogen-bond donors (Lipinski definition) is 1. The molecule has 1 aromatic rings. The van der Waals surface area contributed by atoms with Crippen molar-refractivity contribution in [2.75, 3.05) is 12.3 Å². The highest BCUT2D eigenvalue weighted by Gasteiger charge is 2.09. The van der Waals surface area contributed by atoms with Crippen LogP contribution in [-0.2, 0) is 4.79 Å². The molecule has 1 aromatic carbocycles. The van der Waals surface area contributed by atoms with E-state index in [9.17, 15) is 9.59 Å². The van der Waals surface area contributed by atoms with E-state index in [4.69, 9.17) is 0 Å². The summed E-state index contributed by atoms with van der Waals surface area (Å²) in [5.74, 6) is 6.92. The minimum atomic E-state index is -0.00370. The number of carbonyl (C=O) groups is 2. The smallest absolute Gasteiger partial charge is 0.221 e. The van der Waals surface area contributed by atoms with Gasteiger partial charge in [0, 0.05) is 29.2 Å². The third-order valence-electron chi connectivity index (χ3n) is 3.08. The van der Waals surface area contributed by atoms with Gasteiger partial charge in [-0.1, -0.05) is 51.7 Å². The average molecular weight is 331 g/mol. The van der Waals surface area contributed by atoms with Crippen LogP contribution in [0.1, 0.15) is 50.0 Å². The van der Waals surface area contributed by atoms with Crippen molar-refractivity contribution in [2.45, 2.75) is 39.4 Å². The van der Waals surface area contributed by atoms with Crippen LogP contribution >= 0.6 is 11.8 Å². The van der Waals surface area contributed by atoms with Crippen molar-refractivity contribution in [3.63, 3.8) is 0 Å². The first kappa shape index (κ1) is 19.3. The van der Waals surface area contributed by atoms with Crippen molar-refractivity contribution in [1.82, 2.24) is 5.32 Å². The number of amides is 1. The van der Waals surface area contributed by atoms with Crippen LogP contribution < -0.4 is 5.32 Å². The van der Waals surface area contributed by atoms with E-state index < -0.39 is 0 Å². The zero-order valence-corrected chi connectivity index (χ0v) is 15.1. The predicted molar refractivity (Wildman–Crippen MR) is 97.7 cm³/mol. The second-order valence-electron chi connectivity index (χ2n) is 5.84. The molecule has 0 aliphatic carbocycles. The first-order chi connectivity index (χ1) is 10.9. The zero-order chi connectivity index (χ0) is 17.2. The lowest BCUT2D eigenvalue weighted by atomic mass is 10.0. The number of benzene rings is 1. The molecule has 0 aliphatic rings. The van der Waals surface area contributed by atoms with E-state index in [2.05, 4.69) is 31.0 Å². The lowest BCUT2D eigenvalue weighted by Gasteiger charge is -2.04. The van der Waals surface area contributed by atoms with Gasteiger partial charge in [-0.2, -0.15) is 11.8 Å². The molecule has 3 nitrogen and oxygen atoms in total. The van der Waals surface area contributed by atoms with E-state index in [1.54, 1.807) is 23.9 Å². The van der Waals surface area contributed by atoms with Crippen LogP contribution in [0.2, 0.25) is 0 Å². The van der Waals surface area contributed by atoms with Crippen molar-refractivity contribution in [2.24, 2.45) is 5.92 Å². The number of ketones is 1. The highest BCUT2D eigenvalue weighted by molar-refractivity contribution is 7.99. The summed E-state index contributed by atoms with van der Waals surface area (Å²) in [4.78, 5) is 23.4. The van der Waals surface area contributed by atoms with Crippen LogP contribution in [-0.4, -0.2) is 29.2 Å². The van der Waals surface area contributed by atoms with Crippen LogP contribution in [0.5, 0.6) is 0 Å². The van der Waals surface area contributed by atoms with E-state index in [1.807, 2.05) is 26.0 Å². The Hall–Kier alpha value is -1.73. The largest absolute Gasteiger partial charge is 0.345 e. The topological polar surface area (TPSA) is 46.2 Å². The van der Waals surface area contributed by atoms with Gasteiger partial charge in [-0.25, -0.2) is 0 Å². The van der Waals surface area contributed by atoms with Crippen molar-refractivity contribution in [3.05, 3.63) is 35.4 Å². The normalized spacial score (nSPS) is 10.3. The fraction of sp³-hybridized carbons (Fsp3) is 0.474. The van der Waals surface area contributed by atoms with Gasteiger partial charge in [0.25, 0.3) is 0 Å². The Morgan fingerprint density at radius 2 is 1.78 bits per heavy atom. The summed E-state index contributed by atoms with van der Waals surface area (Å²) >= 11 is 1.78. The molecule has 0 saturated carbocycles. The van der Waals surface area contributed by atoms with Gasteiger partial charge < -0.3 is 5.32 Å². The molecule has 0 saturated heterocycles. The van der Waals surface area contributed by atoms with E-state index in [0.29, 0.717) is 23.8 Å². The standard InChI is InChI=1S/C19H25NO2S/c1-14(2)19(22)17-9-7-16(8-10-17)6-5-12-20-18(21)11-13-23-15(3)4/h7-10,14-15H,11-13H2,1-4H3,(H,20,21). The van der Waals surface area contributed by atoms with E-state index in [-0.39, 0.29) is 17.6 Å². The number of carbonyl (C=O) groups excluding carboxylic acids is 2. The molecular formula is C19H25NO2S. The van der Waals surface area contributed by atoms with Gasteiger partial charge in [0.2, 0.25) is 5.91 Å². The van der Waals surface area contributed by atoms with Crippen LogP contribution in [0.25, 0.3) is 0 Å². The van der Waals surface area contributed by atoms with Gasteiger partial charge in [0.15, 0.2) is 5.78 Å². The van der Waals surface area contributed by atoms with Crippen molar-refractivity contribution in [1.29, 1.82) is 0 Å². The maximum Gasteiger partial charge on any atom is 0.221 e. The highest BCUT2D eigenvalue weighted by atomic mass is 32.2. The Balaban J connectivity index is 2.39. The molecule has 124 valence electrons. The highest BCUT2D eigenvalue weighted by Crippen LogP contribution is 2.10. The minimum Gasteiger partial charge on any atom is -0.345 e. The Kier molecular flexibility index (Phi) is 8.50. The summed E-state index contributed by atoms with van der Waals surface area (Å²) in [6, 6.07) is 7.27. The Labute approximate surface area is 143 Å². The molecule has 23 heavy (non-hydrogen) atoms. The molecule has 0 spiro atoms. The van der Waals surface area contributed by atoms with Gasteiger partial charge in [-0.15, -0.1) is 0 Å². The van der Waals surface area contributed by atoms with Gasteiger partial charge in [-0.05, 0) is 17.4 Å². The molecule has 1 N–H and O–H groups in total. The molecule has 1 amide bonds. The number of hydrogen-bond acceptors (Lipinski definition) is 3. The molecule has 0 unspecified atom stereocenters. The summed E-state index contributed by atoms with van der Waals surface area (Å²) in [5, 5.41) is 3.34. The average Bonchev–Trinajstić information content (AvgIpc) is 2.51. The monoisotopic (exact) mass is 331 g/mol. The first-order valence-electron chi connectivity index (χ1n) is 7.91. The van der Waals surface area contributed by atoms with Crippen molar-refractivity contribution in [3.8, 4) is 11.8 Å².